The minimum atomic E-state index is -2.09. The highest BCUT2D eigenvalue weighted by atomic mass is 16.8. The number of allylic oxidation sites excluding steroid dienone is 2. The van der Waals surface area contributed by atoms with E-state index in [-0.39, 0.29) is 17.9 Å². The largest absolute Gasteiger partial charge is 0.481 e. The van der Waals surface area contributed by atoms with Gasteiger partial charge in [-0.25, -0.2) is 0 Å². The van der Waals surface area contributed by atoms with Crippen LogP contribution >= 0.6 is 0 Å². The third kappa shape index (κ3) is 11.4. The zero-order valence-corrected chi connectivity index (χ0v) is 50.4. The van der Waals surface area contributed by atoms with Crippen molar-refractivity contribution in [1.29, 1.82) is 0 Å². The monoisotopic (exact) mass is 1270 g/mol. The van der Waals surface area contributed by atoms with E-state index in [9.17, 15) is 91.6 Å². The van der Waals surface area contributed by atoms with Crippen LogP contribution in [0.2, 0.25) is 0 Å². The lowest BCUT2D eigenvalue weighted by atomic mass is 9.33. The van der Waals surface area contributed by atoms with Crippen molar-refractivity contribution >= 4 is 11.9 Å². The van der Waals surface area contributed by atoms with E-state index in [1.54, 1.807) is 6.92 Å². The van der Waals surface area contributed by atoms with E-state index in [4.69, 9.17) is 47.4 Å². The fraction of sp³-hybridized carbons (Fsp3) is 0.932. The summed E-state index contributed by atoms with van der Waals surface area (Å²) in [5.41, 5.74) is -3.40. The van der Waals surface area contributed by atoms with Gasteiger partial charge in [-0.05, 0) is 111 Å². The summed E-state index contributed by atoms with van der Waals surface area (Å²) < 4.78 is 58.6. The second kappa shape index (κ2) is 25.4. The summed E-state index contributed by atoms with van der Waals surface area (Å²) in [5, 5.41) is 183. The number of hydrogen-bond acceptors (Lipinski definition) is 28. The summed E-state index contributed by atoms with van der Waals surface area (Å²) >= 11 is 0. The van der Waals surface area contributed by atoms with Crippen LogP contribution < -0.4 is 0 Å². The van der Waals surface area contributed by atoms with Crippen LogP contribution in [0.5, 0.6) is 0 Å². The molecule has 17 N–H and O–H groups in total. The molecule has 0 bridgehead atoms. The van der Waals surface area contributed by atoms with E-state index in [1.807, 2.05) is 0 Å². The van der Waals surface area contributed by atoms with Crippen molar-refractivity contribution in [3.05, 3.63) is 11.6 Å². The van der Waals surface area contributed by atoms with Crippen molar-refractivity contribution in [3.8, 4) is 0 Å². The molecule has 5 aliphatic carbocycles. The van der Waals surface area contributed by atoms with E-state index in [0.29, 0.717) is 64.2 Å². The zero-order valence-electron chi connectivity index (χ0n) is 50.4. The molecule has 10 aliphatic rings. The number of carbonyl (C=O) groups is 2. The van der Waals surface area contributed by atoms with Crippen molar-refractivity contribution in [1.82, 2.24) is 0 Å². The molecule has 33 atom stereocenters. The van der Waals surface area contributed by atoms with Gasteiger partial charge in [-0.15, -0.1) is 0 Å². The molecule has 0 aromatic carbocycles. The van der Waals surface area contributed by atoms with Crippen LogP contribution in [0.3, 0.4) is 0 Å². The highest BCUT2D eigenvalue weighted by molar-refractivity contribution is 5.79. The third-order valence-corrected chi connectivity index (χ3v) is 23.2. The zero-order chi connectivity index (χ0) is 64.3. The van der Waals surface area contributed by atoms with Gasteiger partial charge >= 0.3 is 11.9 Å². The Labute approximate surface area is 508 Å². The Morgan fingerprint density at radius 1 is 0.534 bits per heavy atom. The third-order valence-electron chi connectivity index (χ3n) is 23.2. The molecule has 29 heteroatoms. The van der Waals surface area contributed by atoms with Gasteiger partial charge in [0, 0.05) is 0 Å². The van der Waals surface area contributed by atoms with Crippen LogP contribution in [0.25, 0.3) is 0 Å². The molecular formula is C59H94O29. The molecule has 29 nitrogen and oxygen atoms in total. The lowest BCUT2D eigenvalue weighted by Gasteiger charge is -2.71. The normalized spacial score (nSPS) is 53.7. The summed E-state index contributed by atoms with van der Waals surface area (Å²) in [4.78, 5) is 29.3. The number of carboxylic acid groups (broad SMARTS) is 1. The molecule has 5 heterocycles. The molecule has 4 saturated carbocycles. The van der Waals surface area contributed by atoms with Gasteiger partial charge < -0.3 is 134 Å². The van der Waals surface area contributed by atoms with Crippen LogP contribution in [-0.2, 0) is 57.0 Å². The highest BCUT2D eigenvalue weighted by Crippen LogP contribution is 2.76. The smallest absolute Gasteiger partial charge is 0.315 e. The minimum Gasteiger partial charge on any atom is -0.481 e. The molecule has 0 amide bonds. The molecule has 5 saturated heterocycles. The second-order valence-corrected chi connectivity index (χ2v) is 28.5. The molecule has 1 unspecified atom stereocenters. The molecule has 0 aromatic rings. The predicted molar refractivity (Wildman–Crippen MR) is 291 cm³/mol. The van der Waals surface area contributed by atoms with Crippen LogP contribution in [0.1, 0.15) is 106 Å². The summed E-state index contributed by atoms with van der Waals surface area (Å²) in [6, 6.07) is 0. The average Bonchev–Trinajstić information content (AvgIpc) is 0.693. The molecule has 0 spiro atoms. The second-order valence-electron chi connectivity index (χ2n) is 28.5. The summed E-state index contributed by atoms with van der Waals surface area (Å²) in [6.07, 6.45) is -36.4. The molecule has 5 aliphatic heterocycles. The minimum absolute atomic E-state index is 0.0437. The van der Waals surface area contributed by atoms with Crippen LogP contribution in [0, 0.1) is 50.2 Å². The first kappa shape index (κ1) is 68.5. The van der Waals surface area contributed by atoms with E-state index in [1.165, 1.54) is 0 Å². The van der Waals surface area contributed by atoms with E-state index >= 15 is 4.79 Å². The van der Waals surface area contributed by atoms with Gasteiger partial charge in [0.1, 0.15) is 116 Å². The Morgan fingerprint density at radius 3 is 1.65 bits per heavy atom. The van der Waals surface area contributed by atoms with Crippen molar-refractivity contribution < 1.29 is 144 Å². The maximum Gasteiger partial charge on any atom is 0.315 e. The lowest BCUT2D eigenvalue weighted by Crippen LogP contribution is -2.67. The van der Waals surface area contributed by atoms with Crippen molar-refractivity contribution in [2.75, 3.05) is 33.0 Å². The topological polar surface area (TPSA) is 470 Å². The molecule has 0 aromatic heterocycles. The van der Waals surface area contributed by atoms with Crippen LogP contribution in [0.4, 0.5) is 0 Å². The van der Waals surface area contributed by atoms with E-state index in [2.05, 4.69) is 40.7 Å². The quantitative estimate of drug-likeness (QED) is 0.0417. The number of hydrogen-bond donors (Lipinski definition) is 17. The number of fused-ring (bicyclic) bond motifs is 7. The number of carbonyl (C=O) groups excluding carboxylic acids is 1. The molecule has 10 rings (SSSR count). The Hall–Kier alpha value is -2.32. The average molecular weight is 1270 g/mol. The van der Waals surface area contributed by atoms with E-state index < -0.39 is 231 Å². The SMILES string of the molecule is CC1(C)CC[C@]2(C(=O)O[C@@H]3O[C@H](CO[C@@H]4O[C@H](CO[C@H]5O[C@H](CO)[C@H](O)[C@H](O)[C@H]5O)[C@@H](O)[C@H](O)[C@H]4O)[C@@H](O)[C@H](O[C@@H]4O[C@H](CO)[C@@H](O)[C@H](O)[C@H]4O)[C@H]3O)CC[C@]3(C)C(=CC[C@@H]4[C@@]5(C)CC[C@H](O[C@@H]6OC[C@@H](O)[C@H](O)[C@H]6O)[C@@](C)(C(=O)O)C5CC[C@]43C)[C@@H]2C1. The Balaban J connectivity index is 0.902. The fourth-order valence-corrected chi connectivity index (χ4v) is 17.5. The van der Waals surface area contributed by atoms with Gasteiger partial charge in [0.15, 0.2) is 25.2 Å². The maximum absolute atomic E-state index is 15.6. The fourth-order valence-electron chi connectivity index (χ4n) is 17.5. The number of esters is 1. The van der Waals surface area contributed by atoms with Gasteiger partial charge in [0.05, 0.1) is 50.0 Å². The van der Waals surface area contributed by atoms with E-state index in [0.717, 1.165) is 5.57 Å². The van der Waals surface area contributed by atoms with Crippen molar-refractivity contribution in [2.24, 2.45) is 50.2 Å². The van der Waals surface area contributed by atoms with Gasteiger partial charge in [0.2, 0.25) is 6.29 Å². The number of ether oxygens (including phenoxy) is 10. The Bertz CT molecular complexity index is 2490. The Morgan fingerprint density at radius 2 is 1.06 bits per heavy atom. The number of rotatable bonds is 15. The van der Waals surface area contributed by atoms with Gasteiger partial charge in [-0.2, -0.15) is 0 Å². The van der Waals surface area contributed by atoms with Crippen molar-refractivity contribution in [3.63, 3.8) is 0 Å². The molecule has 504 valence electrons. The number of aliphatic hydroxyl groups excluding tert-OH is 16. The maximum atomic E-state index is 15.6. The predicted octanol–water partition coefficient (Wildman–Crippen LogP) is -4.51. The summed E-state index contributed by atoms with van der Waals surface area (Å²) in [6.45, 7) is 9.15. The van der Waals surface area contributed by atoms with Gasteiger partial charge in [0.25, 0.3) is 0 Å². The molecule has 88 heavy (non-hydrogen) atoms. The first-order chi connectivity index (χ1) is 41.2. The van der Waals surface area contributed by atoms with Crippen molar-refractivity contribution in [2.45, 2.75) is 259 Å². The van der Waals surface area contributed by atoms with Gasteiger partial charge in [-0.3, -0.25) is 9.59 Å². The molecule has 0 radical (unpaired) electrons. The first-order valence-corrected chi connectivity index (χ1v) is 30.9. The highest BCUT2D eigenvalue weighted by Gasteiger charge is 2.72. The summed E-state index contributed by atoms with van der Waals surface area (Å²) in [5.74, 6) is -2.68. The molecular weight excluding hydrogens is 1170 g/mol. The lowest BCUT2D eigenvalue weighted by molar-refractivity contribution is -0.364. The first-order valence-electron chi connectivity index (χ1n) is 30.9. The van der Waals surface area contributed by atoms with Gasteiger partial charge in [-0.1, -0.05) is 46.3 Å². The van der Waals surface area contributed by atoms with Crippen LogP contribution in [0.15, 0.2) is 11.6 Å². The Kier molecular flexibility index (Phi) is 19.8. The van der Waals surface area contributed by atoms with Crippen LogP contribution in [-0.4, -0.2) is 285 Å². The standard InChI is InChI=1S/C59H94O29/c1-54(2)13-15-59(16-14-56(4)23(24(59)17-54)7-8-30-55(3)11-10-32(86-49-41(71)33(63)25(62)20-79-49)58(6,52(76)77)31(55)9-12-57(30,56)5)53(78)88-51-45(75)46(87-50-44(74)39(69)35(65)27(19-61)83-50)37(67)29(85-51)22-81-48-43(73)40(70)36(66)28(84-48)21-80-47-42(72)38(68)34(64)26(18-60)82-47/h7,24-51,60-75H,8-22H2,1-6H3,(H,76,77)/t24-,25+,26+,27+,28+,29+,30+,31?,32-,33-,34-,35+,36+,37+,38-,39-,40-,41+,42+,43+,44+,45+,46-,47-,48+,49-,50-,51-,55+,56+,57+,58-,59-/m0/s1. The number of aliphatic carboxylic acids is 1. The number of aliphatic hydroxyl groups is 16. The summed E-state index contributed by atoms with van der Waals surface area (Å²) in [7, 11) is 0. The number of carboxylic acids is 1. The molecule has 9 fully saturated rings.